The van der Waals surface area contributed by atoms with Crippen molar-refractivity contribution in [3.8, 4) is 0 Å². The summed E-state index contributed by atoms with van der Waals surface area (Å²) in [4.78, 5) is 3.74. The van der Waals surface area contributed by atoms with E-state index < -0.39 is 11.4 Å². The third-order valence-corrected chi connectivity index (χ3v) is 3.63. The molecule has 1 N–H and O–H groups in total. The molecule has 0 spiro atoms. The molecule has 94 valence electrons. The van der Waals surface area contributed by atoms with Crippen molar-refractivity contribution in [3.63, 3.8) is 0 Å². The monoisotopic (exact) mass is 237 g/mol. The van der Waals surface area contributed by atoms with Crippen molar-refractivity contribution in [2.24, 2.45) is 11.3 Å². The first-order valence-corrected chi connectivity index (χ1v) is 6.15. The van der Waals surface area contributed by atoms with Crippen LogP contribution >= 0.6 is 0 Å². The fourth-order valence-corrected chi connectivity index (χ4v) is 3.49. The van der Waals surface area contributed by atoms with Crippen LogP contribution in [0.2, 0.25) is 0 Å². The summed E-state index contributed by atoms with van der Waals surface area (Å²) in [6, 6.07) is 1.60. The number of hydrogen-bond donors (Lipinski definition) is 1. The molecule has 1 aliphatic carbocycles. The van der Waals surface area contributed by atoms with E-state index >= 15 is 0 Å². The molecular weight excluding hydrogens is 217 g/mol. The van der Waals surface area contributed by atoms with Crippen molar-refractivity contribution < 1.29 is 9.50 Å². The Balaban J connectivity index is 2.39. The van der Waals surface area contributed by atoms with Crippen molar-refractivity contribution in [3.05, 3.63) is 29.8 Å². The molecule has 1 heterocycles. The van der Waals surface area contributed by atoms with Crippen LogP contribution in [-0.2, 0) is 5.60 Å². The number of hydrogen-bond acceptors (Lipinski definition) is 2. The number of pyridine rings is 1. The van der Waals surface area contributed by atoms with E-state index in [9.17, 15) is 9.50 Å². The van der Waals surface area contributed by atoms with Crippen LogP contribution in [0.4, 0.5) is 4.39 Å². The second kappa shape index (κ2) is 4.05. The van der Waals surface area contributed by atoms with E-state index in [1.54, 1.807) is 12.3 Å². The molecule has 2 nitrogen and oxygen atoms in total. The standard InChI is InChI=1S/C14H20FNO/c1-10-6-13(2,3)9-14(17,7-10)11-4-5-16-8-12(11)15/h4-5,8,10,17H,6-7,9H2,1-3H3. The SMILES string of the molecule is CC1CC(C)(C)CC(O)(c2ccncc2F)C1. The zero-order valence-electron chi connectivity index (χ0n) is 10.7. The second-order valence-electron chi connectivity index (χ2n) is 6.24. The molecule has 1 fully saturated rings. The first-order chi connectivity index (χ1) is 7.82. The van der Waals surface area contributed by atoms with E-state index in [4.69, 9.17) is 0 Å². The van der Waals surface area contributed by atoms with Gasteiger partial charge in [-0.3, -0.25) is 4.98 Å². The summed E-state index contributed by atoms with van der Waals surface area (Å²) >= 11 is 0. The first-order valence-electron chi connectivity index (χ1n) is 6.15. The zero-order chi connectivity index (χ0) is 12.7. The number of rotatable bonds is 1. The van der Waals surface area contributed by atoms with Gasteiger partial charge in [0.05, 0.1) is 11.8 Å². The molecule has 1 aromatic rings. The van der Waals surface area contributed by atoms with Crippen molar-refractivity contribution >= 4 is 0 Å². The van der Waals surface area contributed by atoms with Gasteiger partial charge in [0.2, 0.25) is 0 Å². The van der Waals surface area contributed by atoms with Gasteiger partial charge in [-0.15, -0.1) is 0 Å². The Labute approximate surface area is 102 Å². The Bertz CT molecular complexity index is 418. The fraction of sp³-hybridized carbons (Fsp3) is 0.643. The fourth-order valence-electron chi connectivity index (χ4n) is 3.49. The molecule has 0 radical (unpaired) electrons. The minimum atomic E-state index is -1.05. The maximum absolute atomic E-state index is 13.8. The maximum Gasteiger partial charge on any atom is 0.147 e. The lowest BCUT2D eigenvalue weighted by Gasteiger charge is -2.44. The van der Waals surface area contributed by atoms with Gasteiger partial charge in [0.1, 0.15) is 5.82 Å². The van der Waals surface area contributed by atoms with Gasteiger partial charge < -0.3 is 5.11 Å². The molecule has 1 aliphatic rings. The third kappa shape index (κ3) is 2.49. The summed E-state index contributed by atoms with van der Waals surface area (Å²) in [7, 11) is 0. The summed E-state index contributed by atoms with van der Waals surface area (Å²) in [5.41, 5.74) is -0.608. The van der Waals surface area contributed by atoms with Crippen LogP contribution in [0, 0.1) is 17.2 Å². The van der Waals surface area contributed by atoms with E-state index in [0.717, 1.165) is 6.42 Å². The van der Waals surface area contributed by atoms with E-state index in [0.29, 0.717) is 24.3 Å². The molecule has 0 aliphatic heterocycles. The number of halogens is 1. The molecule has 1 saturated carbocycles. The number of aromatic nitrogens is 1. The minimum Gasteiger partial charge on any atom is -0.385 e. The highest BCUT2D eigenvalue weighted by atomic mass is 19.1. The van der Waals surface area contributed by atoms with Gasteiger partial charge in [-0.25, -0.2) is 4.39 Å². The Morgan fingerprint density at radius 3 is 2.71 bits per heavy atom. The summed E-state index contributed by atoms with van der Waals surface area (Å²) in [6.07, 6.45) is 5.02. The molecule has 2 unspecified atom stereocenters. The predicted molar refractivity (Wildman–Crippen MR) is 64.9 cm³/mol. The molecule has 2 rings (SSSR count). The van der Waals surface area contributed by atoms with Crippen LogP contribution < -0.4 is 0 Å². The van der Waals surface area contributed by atoms with Gasteiger partial charge in [-0.05, 0) is 36.7 Å². The van der Waals surface area contributed by atoms with Crippen LogP contribution in [0.25, 0.3) is 0 Å². The summed E-state index contributed by atoms with van der Waals surface area (Å²) in [6.45, 7) is 6.38. The molecular formula is C14H20FNO. The van der Waals surface area contributed by atoms with Crippen molar-refractivity contribution in [2.75, 3.05) is 0 Å². The molecule has 17 heavy (non-hydrogen) atoms. The molecule has 0 aromatic carbocycles. The van der Waals surface area contributed by atoms with Crippen molar-refractivity contribution in [1.29, 1.82) is 0 Å². The lowest BCUT2D eigenvalue weighted by Crippen LogP contribution is -2.40. The van der Waals surface area contributed by atoms with E-state index in [2.05, 4.69) is 25.8 Å². The third-order valence-electron chi connectivity index (χ3n) is 3.63. The van der Waals surface area contributed by atoms with E-state index in [-0.39, 0.29) is 5.41 Å². The first kappa shape index (κ1) is 12.5. The summed E-state index contributed by atoms with van der Waals surface area (Å²) < 4.78 is 13.8. The average Bonchev–Trinajstić information content (AvgIpc) is 2.13. The van der Waals surface area contributed by atoms with Gasteiger partial charge in [0, 0.05) is 11.8 Å². The van der Waals surface area contributed by atoms with E-state index in [1.165, 1.54) is 6.20 Å². The second-order valence-corrected chi connectivity index (χ2v) is 6.24. The molecule has 1 aromatic heterocycles. The van der Waals surface area contributed by atoms with Crippen molar-refractivity contribution in [2.45, 2.75) is 45.6 Å². The number of nitrogens with zero attached hydrogens (tertiary/aromatic N) is 1. The highest BCUT2D eigenvalue weighted by molar-refractivity contribution is 5.22. The topological polar surface area (TPSA) is 33.1 Å². The van der Waals surface area contributed by atoms with Crippen LogP contribution in [-0.4, -0.2) is 10.1 Å². The lowest BCUT2D eigenvalue weighted by atomic mass is 9.64. The maximum atomic E-state index is 13.8. The highest BCUT2D eigenvalue weighted by Crippen LogP contribution is 2.48. The lowest BCUT2D eigenvalue weighted by molar-refractivity contribution is -0.0657. The smallest absolute Gasteiger partial charge is 0.147 e. The zero-order valence-corrected chi connectivity index (χ0v) is 10.7. The normalized spacial score (nSPS) is 32.4. The van der Waals surface area contributed by atoms with Gasteiger partial charge >= 0.3 is 0 Å². The summed E-state index contributed by atoms with van der Waals surface area (Å²) in [5.74, 6) is -0.00350. The summed E-state index contributed by atoms with van der Waals surface area (Å²) in [5, 5.41) is 10.8. The van der Waals surface area contributed by atoms with Gasteiger partial charge in [-0.2, -0.15) is 0 Å². The molecule has 3 heteroatoms. The Hall–Kier alpha value is -0.960. The van der Waals surface area contributed by atoms with Crippen LogP contribution in [0.3, 0.4) is 0 Å². The molecule has 0 bridgehead atoms. The van der Waals surface area contributed by atoms with Gasteiger partial charge in [-0.1, -0.05) is 20.8 Å². The Kier molecular flexibility index (Phi) is 2.98. The molecule has 2 atom stereocenters. The highest BCUT2D eigenvalue weighted by Gasteiger charge is 2.43. The van der Waals surface area contributed by atoms with Crippen LogP contribution in [0.15, 0.2) is 18.5 Å². The Morgan fingerprint density at radius 2 is 2.12 bits per heavy atom. The van der Waals surface area contributed by atoms with Crippen LogP contribution in [0.5, 0.6) is 0 Å². The van der Waals surface area contributed by atoms with Gasteiger partial charge in [0.25, 0.3) is 0 Å². The number of aliphatic hydroxyl groups is 1. The predicted octanol–water partition coefficient (Wildman–Crippen LogP) is 3.25. The minimum absolute atomic E-state index is 0.0438. The Morgan fingerprint density at radius 1 is 1.41 bits per heavy atom. The van der Waals surface area contributed by atoms with Crippen LogP contribution in [0.1, 0.15) is 45.6 Å². The quantitative estimate of drug-likeness (QED) is 0.813. The largest absolute Gasteiger partial charge is 0.385 e. The van der Waals surface area contributed by atoms with E-state index in [1.807, 2.05) is 0 Å². The van der Waals surface area contributed by atoms with Gasteiger partial charge in [0.15, 0.2) is 0 Å². The average molecular weight is 237 g/mol. The van der Waals surface area contributed by atoms with Crippen molar-refractivity contribution in [1.82, 2.24) is 4.98 Å². The molecule has 0 saturated heterocycles. The molecule has 0 amide bonds.